The Hall–Kier alpha value is -0.900. The molecule has 0 aromatic heterocycles. The van der Waals surface area contributed by atoms with Crippen molar-refractivity contribution < 1.29 is 56.2 Å². The molecule has 1 rings (SSSR count). The highest BCUT2D eigenvalue weighted by Crippen LogP contribution is 2.26. The van der Waals surface area contributed by atoms with Gasteiger partial charge in [-0.05, 0) is 12.8 Å². The topological polar surface area (TPSA) is 178 Å². The van der Waals surface area contributed by atoms with Crippen LogP contribution in [0.5, 0.6) is 0 Å². The summed E-state index contributed by atoms with van der Waals surface area (Å²) < 4.78 is 59.2. The van der Waals surface area contributed by atoms with Gasteiger partial charge in [-0.25, -0.2) is 4.18 Å². The largest absolute Gasteiger partial charge is 0.457 e. The highest BCUT2D eigenvalue weighted by molar-refractivity contribution is 7.80. The summed E-state index contributed by atoms with van der Waals surface area (Å²) in [6.45, 7) is 4.05. The van der Waals surface area contributed by atoms with E-state index in [0.29, 0.717) is 13.0 Å². The van der Waals surface area contributed by atoms with Crippen molar-refractivity contribution in [3.63, 3.8) is 0 Å². The lowest BCUT2D eigenvalue weighted by Gasteiger charge is -2.41. The van der Waals surface area contributed by atoms with Gasteiger partial charge in [-0.3, -0.25) is 9.35 Å². The van der Waals surface area contributed by atoms with Gasteiger partial charge in [-0.2, -0.15) is 8.42 Å². The first-order valence-corrected chi connectivity index (χ1v) is 26.7. The van der Waals surface area contributed by atoms with E-state index in [-0.39, 0.29) is 19.6 Å². The maximum atomic E-state index is 12.9. The molecule has 0 bridgehead atoms. The number of rotatable bonds is 45. The molecular formula is C48H94O12S. The Morgan fingerprint density at radius 1 is 0.557 bits per heavy atom. The first-order valence-electron chi connectivity index (χ1n) is 25.3. The average Bonchev–Trinajstić information content (AvgIpc) is 3.23. The molecule has 0 aliphatic carbocycles. The van der Waals surface area contributed by atoms with Crippen LogP contribution in [-0.2, 0) is 38.3 Å². The van der Waals surface area contributed by atoms with E-state index >= 15 is 0 Å². The van der Waals surface area contributed by atoms with E-state index < -0.39 is 59.8 Å². The van der Waals surface area contributed by atoms with Gasteiger partial charge in [0, 0.05) is 13.0 Å². The van der Waals surface area contributed by atoms with Crippen molar-refractivity contribution in [1.82, 2.24) is 0 Å². The van der Waals surface area contributed by atoms with Crippen LogP contribution in [0.4, 0.5) is 0 Å². The van der Waals surface area contributed by atoms with Gasteiger partial charge in [0.25, 0.3) is 0 Å². The van der Waals surface area contributed by atoms with Gasteiger partial charge in [0.15, 0.2) is 6.29 Å². The summed E-state index contributed by atoms with van der Waals surface area (Å²) in [7, 11) is -5.06. The van der Waals surface area contributed by atoms with Crippen LogP contribution in [0.25, 0.3) is 0 Å². The maximum absolute atomic E-state index is 12.9. The quantitative estimate of drug-likeness (QED) is 0.0259. The molecule has 0 aromatic rings. The van der Waals surface area contributed by atoms with E-state index in [0.717, 1.165) is 38.5 Å². The molecule has 0 spiro atoms. The summed E-state index contributed by atoms with van der Waals surface area (Å²) in [4.78, 5) is 12.9. The Morgan fingerprint density at radius 3 is 1.31 bits per heavy atom. The third-order valence-electron chi connectivity index (χ3n) is 12.0. The van der Waals surface area contributed by atoms with Crippen molar-refractivity contribution in [3.8, 4) is 0 Å². The summed E-state index contributed by atoms with van der Waals surface area (Å²) in [6.07, 6.45) is 34.2. The number of esters is 1. The second-order valence-electron chi connectivity index (χ2n) is 17.8. The monoisotopic (exact) mass is 895 g/mol. The van der Waals surface area contributed by atoms with E-state index in [4.69, 9.17) is 18.9 Å². The summed E-state index contributed by atoms with van der Waals surface area (Å²) in [5.74, 6) is -0.391. The van der Waals surface area contributed by atoms with Crippen molar-refractivity contribution >= 4 is 16.4 Å². The van der Waals surface area contributed by atoms with Crippen LogP contribution >= 0.6 is 0 Å². The van der Waals surface area contributed by atoms with Crippen LogP contribution in [0.1, 0.15) is 239 Å². The molecular weight excluding hydrogens is 801 g/mol. The van der Waals surface area contributed by atoms with Crippen LogP contribution in [-0.4, -0.2) is 97.5 Å². The number of unbranched alkanes of at least 4 members (excludes halogenated alkanes) is 32. The smallest absolute Gasteiger partial charge is 0.397 e. The van der Waals surface area contributed by atoms with Gasteiger partial charge < -0.3 is 34.3 Å². The molecule has 61 heavy (non-hydrogen) atoms. The van der Waals surface area contributed by atoms with Gasteiger partial charge in [-0.15, -0.1) is 0 Å². The minimum Gasteiger partial charge on any atom is -0.457 e. The van der Waals surface area contributed by atoms with Crippen LogP contribution in [0.3, 0.4) is 0 Å². The lowest BCUT2D eigenvalue weighted by molar-refractivity contribution is -0.301. The minimum atomic E-state index is -5.06. The summed E-state index contributed by atoms with van der Waals surface area (Å²) in [6, 6.07) is 0. The number of hydrogen-bond donors (Lipinski definition) is 4. The van der Waals surface area contributed by atoms with Crippen LogP contribution < -0.4 is 0 Å². The fourth-order valence-electron chi connectivity index (χ4n) is 8.15. The normalized spacial score (nSPS) is 20.0. The maximum Gasteiger partial charge on any atom is 0.397 e. The molecule has 12 nitrogen and oxygen atoms in total. The molecule has 0 radical (unpaired) electrons. The van der Waals surface area contributed by atoms with E-state index in [2.05, 4.69) is 18.0 Å². The van der Waals surface area contributed by atoms with Crippen molar-refractivity contribution in [2.24, 2.45) is 0 Å². The zero-order valence-electron chi connectivity index (χ0n) is 39.0. The van der Waals surface area contributed by atoms with Crippen molar-refractivity contribution in [1.29, 1.82) is 0 Å². The number of aliphatic hydroxyl groups excluding tert-OH is 3. The second-order valence-corrected chi connectivity index (χ2v) is 18.8. The highest BCUT2D eigenvalue weighted by atomic mass is 32.3. The predicted octanol–water partition coefficient (Wildman–Crippen LogP) is 11.3. The first-order chi connectivity index (χ1) is 29.6. The van der Waals surface area contributed by atoms with Gasteiger partial charge >= 0.3 is 16.4 Å². The number of carbonyl (C=O) groups excluding carboxylic acids is 1. The molecule has 13 heteroatoms. The molecule has 1 saturated heterocycles. The third-order valence-corrected chi connectivity index (χ3v) is 12.4. The number of carbonyl (C=O) groups is 1. The summed E-state index contributed by atoms with van der Waals surface area (Å²) >= 11 is 0. The molecule has 1 heterocycles. The molecule has 0 aromatic carbocycles. The van der Waals surface area contributed by atoms with E-state index in [1.165, 1.54) is 173 Å². The number of ether oxygens (including phenoxy) is 4. The molecule has 6 atom stereocenters. The molecule has 0 saturated carbocycles. The molecule has 6 unspecified atom stereocenters. The number of hydrogen-bond acceptors (Lipinski definition) is 11. The van der Waals surface area contributed by atoms with Gasteiger partial charge in [0.1, 0.15) is 30.5 Å². The van der Waals surface area contributed by atoms with Crippen LogP contribution in [0.15, 0.2) is 0 Å². The SMILES string of the molecule is CCCCCCCCCCCCCCCCCCCCCCC(=O)OC(COCCCCCCCCCCCCCCCC)COC1OC(CO)C(O)C(OS(=O)(=O)O)C1O. The van der Waals surface area contributed by atoms with Gasteiger partial charge in [0.05, 0.1) is 19.8 Å². The fourth-order valence-corrected chi connectivity index (χ4v) is 8.65. The molecule has 1 fully saturated rings. The fraction of sp³-hybridized carbons (Fsp3) is 0.979. The zero-order valence-corrected chi connectivity index (χ0v) is 39.8. The minimum absolute atomic E-state index is 0.0449. The van der Waals surface area contributed by atoms with Crippen LogP contribution in [0.2, 0.25) is 0 Å². The second kappa shape index (κ2) is 40.6. The predicted molar refractivity (Wildman–Crippen MR) is 244 cm³/mol. The Morgan fingerprint density at radius 2 is 0.934 bits per heavy atom. The first kappa shape index (κ1) is 58.1. The Labute approximate surface area is 373 Å². The molecule has 1 aliphatic rings. The Balaban J connectivity index is 2.34. The van der Waals surface area contributed by atoms with Crippen LogP contribution in [0, 0.1) is 0 Å². The number of aliphatic hydroxyl groups is 3. The molecule has 4 N–H and O–H groups in total. The molecule has 1 aliphatic heterocycles. The van der Waals surface area contributed by atoms with Gasteiger partial charge in [-0.1, -0.05) is 219 Å². The Bertz CT molecular complexity index is 1080. The Kier molecular flexibility index (Phi) is 38.7. The molecule has 0 amide bonds. The third kappa shape index (κ3) is 34.2. The average molecular weight is 895 g/mol. The summed E-state index contributed by atoms with van der Waals surface area (Å²) in [5.41, 5.74) is 0. The lowest BCUT2D eigenvalue weighted by atomic mass is 9.99. The van der Waals surface area contributed by atoms with Crippen molar-refractivity contribution in [2.45, 2.75) is 275 Å². The van der Waals surface area contributed by atoms with E-state index in [1.54, 1.807) is 0 Å². The van der Waals surface area contributed by atoms with E-state index in [1.807, 2.05) is 0 Å². The molecule has 364 valence electrons. The van der Waals surface area contributed by atoms with Gasteiger partial charge in [0.2, 0.25) is 0 Å². The van der Waals surface area contributed by atoms with E-state index in [9.17, 15) is 33.1 Å². The van der Waals surface area contributed by atoms with Crippen molar-refractivity contribution in [2.75, 3.05) is 26.4 Å². The highest BCUT2D eigenvalue weighted by Gasteiger charge is 2.48. The zero-order chi connectivity index (χ0) is 44.7. The lowest BCUT2D eigenvalue weighted by Crippen LogP contribution is -2.60. The summed E-state index contributed by atoms with van der Waals surface area (Å²) in [5, 5.41) is 30.7. The van der Waals surface area contributed by atoms with Crippen molar-refractivity contribution in [3.05, 3.63) is 0 Å². The standard InChI is InChI=1S/C48H94O12S/c1-3-5-7-9-11-13-15-17-19-20-21-22-23-24-25-27-29-31-33-35-37-44(50)58-42(40-56-38-36-34-32-30-28-26-18-16-14-12-10-8-6-4-2)41-57-48-46(52)47(60-61(53,54)55)45(51)43(39-49)59-48/h42-43,45-49,51-52H,3-41H2,1-2H3,(H,53,54,55).